The fourth-order valence-corrected chi connectivity index (χ4v) is 5.32. The van der Waals surface area contributed by atoms with Crippen molar-refractivity contribution in [2.75, 3.05) is 10.6 Å². The van der Waals surface area contributed by atoms with Crippen molar-refractivity contribution in [3.05, 3.63) is 94.5 Å². The number of halogens is 1. The summed E-state index contributed by atoms with van der Waals surface area (Å²) >= 11 is 6.55. The predicted molar refractivity (Wildman–Crippen MR) is 141 cm³/mol. The third-order valence-electron chi connectivity index (χ3n) is 6.90. The first-order valence-electron chi connectivity index (χ1n) is 11.8. The average Bonchev–Trinajstić information content (AvgIpc) is 2.81. The van der Waals surface area contributed by atoms with E-state index in [9.17, 15) is 19.5 Å². The third-order valence-corrected chi connectivity index (χ3v) is 7.25. The van der Waals surface area contributed by atoms with Crippen molar-refractivity contribution in [3.63, 3.8) is 0 Å². The minimum Gasteiger partial charge on any atom is -0.389 e. The highest BCUT2D eigenvalue weighted by molar-refractivity contribution is 6.31. The van der Waals surface area contributed by atoms with Crippen LogP contribution < -0.4 is 10.6 Å². The van der Waals surface area contributed by atoms with Crippen LogP contribution in [0.3, 0.4) is 0 Å². The van der Waals surface area contributed by atoms with E-state index < -0.39 is 41.0 Å². The third kappa shape index (κ3) is 5.06. The Morgan fingerprint density at radius 2 is 1.36 bits per heavy atom. The highest BCUT2D eigenvalue weighted by Gasteiger charge is 2.56. The fraction of sp³-hybridized carbons (Fsp3) is 0.276. The van der Waals surface area contributed by atoms with Crippen molar-refractivity contribution >= 4 is 40.6 Å². The molecular weight excluding hydrogens is 476 g/mol. The molecule has 7 heteroatoms. The number of ketones is 1. The molecule has 0 bridgehead atoms. The molecule has 1 saturated carbocycles. The first-order valence-corrected chi connectivity index (χ1v) is 12.2. The number of anilines is 2. The van der Waals surface area contributed by atoms with Gasteiger partial charge in [-0.15, -0.1) is 0 Å². The van der Waals surface area contributed by atoms with Crippen LogP contribution >= 0.6 is 11.6 Å². The van der Waals surface area contributed by atoms with Crippen molar-refractivity contribution in [1.29, 1.82) is 0 Å². The monoisotopic (exact) mass is 504 g/mol. The molecule has 0 heterocycles. The number of hydrogen-bond donors (Lipinski definition) is 3. The summed E-state index contributed by atoms with van der Waals surface area (Å²) in [5.74, 6) is -4.80. The number of Topliss-reactive ketones (excluding diaryl/α,β-unsaturated/α-hetero) is 1. The molecule has 0 radical (unpaired) electrons. The van der Waals surface area contributed by atoms with Crippen LogP contribution in [-0.4, -0.2) is 28.3 Å². The Bertz CT molecular complexity index is 1320. The van der Waals surface area contributed by atoms with Crippen molar-refractivity contribution in [3.8, 4) is 0 Å². The van der Waals surface area contributed by atoms with Gasteiger partial charge in [0.15, 0.2) is 0 Å². The Morgan fingerprint density at radius 1 is 0.861 bits per heavy atom. The number of rotatable bonds is 5. The van der Waals surface area contributed by atoms with Gasteiger partial charge in [0.1, 0.15) is 11.7 Å². The molecule has 0 aromatic heterocycles. The largest absolute Gasteiger partial charge is 0.389 e. The number of aryl methyl sites for hydroxylation is 2. The van der Waals surface area contributed by atoms with Gasteiger partial charge in [0.05, 0.1) is 11.5 Å². The van der Waals surface area contributed by atoms with Crippen LogP contribution in [0.2, 0.25) is 5.02 Å². The first kappa shape index (κ1) is 25.6. The Kier molecular flexibility index (Phi) is 7.29. The highest BCUT2D eigenvalue weighted by Crippen LogP contribution is 2.48. The standard InChI is InChI=1S/C29H29ClN2O4/c1-17-10-4-8-14-21(17)31-27(34)25-23(33)16-29(3,36)26(24(25)19-12-6-7-13-20(19)30)28(35)32-22-15-9-5-11-18(22)2/h4-15,24-26,36H,16H2,1-3H3,(H,31,34)(H,32,35). The van der Waals surface area contributed by atoms with Gasteiger partial charge < -0.3 is 15.7 Å². The van der Waals surface area contributed by atoms with E-state index >= 15 is 0 Å². The maximum atomic E-state index is 13.8. The molecule has 2 amide bonds. The lowest BCUT2D eigenvalue weighted by molar-refractivity contribution is -0.150. The second-order valence-electron chi connectivity index (χ2n) is 9.61. The van der Waals surface area contributed by atoms with E-state index in [1.165, 1.54) is 6.92 Å². The predicted octanol–water partition coefficient (Wildman–Crippen LogP) is 5.27. The topological polar surface area (TPSA) is 95.5 Å². The molecule has 0 spiro atoms. The smallest absolute Gasteiger partial charge is 0.235 e. The average molecular weight is 505 g/mol. The highest BCUT2D eigenvalue weighted by atomic mass is 35.5. The van der Waals surface area contributed by atoms with Gasteiger partial charge in [-0.3, -0.25) is 14.4 Å². The van der Waals surface area contributed by atoms with Crippen LogP contribution in [-0.2, 0) is 14.4 Å². The van der Waals surface area contributed by atoms with Crippen LogP contribution in [0.25, 0.3) is 0 Å². The maximum Gasteiger partial charge on any atom is 0.235 e. The van der Waals surface area contributed by atoms with E-state index in [0.29, 0.717) is 22.0 Å². The molecule has 1 aliphatic rings. The van der Waals surface area contributed by atoms with Crippen LogP contribution in [0.1, 0.15) is 36.0 Å². The van der Waals surface area contributed by atoms with Crippen molar-refractivity contribution in [2.45, 2.75) is 38.7 Å². The molecule has 4 atom stereocenters. The minimum atomic E-state index is -1.70. The van der Waals surface area contributed by atoms with Gasteiger partial charge in [-0.05, 0) is 55.7 Å². The first-order chi connectivity index (χ1) is 17.1. The Balaban J connectivity index is 1.80. The lowest BCUT2D eigenvalue weighted by Crippen LogP contribution is -2.56. The quantitative estimate of drug-likeness (QED) is 0.412. The molecule has 4 rings (SSSR count). The van der Waals surface area contributed by atoms with Crippen molar-refractivity contribution in [1.82, 2.24) is 0 Å². The zero-order valence-corrected chi connectivity index (χ0v) is 21.2. The number of carbonyl (C=O) groups is 3. The number of para-hydroxylation sites is 2. The molecule has 0 aliphatic heterocycles. The second-order valence-corrected chi connectivity index (χ2v) is 10.0. The number of aliphatic hydroxyl groups is 1. The molecule has 1 aliphatic carbocycles. The van der Waals surface area contributed by atoms with Gasteiger partial charge in [-0.2, -0.15) is 0 Å². The number of amides is 2. The SMILES string of the molecule is Cc1ccccc1NC(=O)C1C(=O)CC(C)(O)C(C(=O)Nc2ccccc2C)C1c1ccccc1Cl. The summed E-state index contributed by atoms with van der Waals surface area (Å²) in [6, 6.07) is 21.4. The fourth-order valence-electron chi connectivity index (χ4n) is 5.06. The number of benzene rings is 3. The van der Waals surface area contributed by atoms with E-state index in [1.807, 2.05) is 38.1 Å². The molecule has 3 N–H and O–H groups in total. The lowest BCUT2D eigenvalue weighted by Gasteiger charge is -2.44. The Hall–Kier alpha value is -3.48. The normalized spacial score (nSPS) is 23.7. The molecule has 186 valence electrons. The molecule has 1 fully saturated rings. The Labute approximate surface area is 215 Å². The minimum absolute atomic E-state index is 0.315. The van der Waals surface area contributed by atoms with E-state index in [2.05, 4.69) is 10.6 Å². The van der Waals surface area contributed by atoms with Gasteiger partial charge >= 0.3 is 0 Å². The van der Waals surface area contributed by atoms with Crippen LogP contribution in [0.5, 0.6) is 0 Å². The molecule has 3 aromatic rings. The summed E-state index contributed by atoms with van der Waals surface area (Å²) in [6.07, 6.45) is -0.342. The van der Waals surface area contributed by atoms with Crippen LogP contribution in [0.4, 0.5) is 11.4 Å². The zero-order valence-electron chi connectivity index (χ0n) is 20.4. The van der Waals surface area contributed by atoms with Gasteiger partial charge in [0.25, 0.3) is 0 Å². The molecule has 36 heavy (non-hydrogen) atoms. The summed E-state index contributed by atoms with van der Waals surface area (Å²) < 4.78 is 0. The molecule has 3 aromatic carbocycles. The summed E-state index contributed by atoms with van der Waals surface area (Å²) in [5.41, 5.74) is 1.61. The van der Waals surface area contributed by atoms with Crippen molar-refractivity contribution < 1.29 is 19.5 Å². The van der Waals surface area contributed by atoms with Gasteiger partial charge in [0, 0.05) is 28.7 Å². The number of hydrogen-bond acceptors (Lipinski definition) is 4. The Morgan fingerprint density at radius 3 is 1.92 bits per heavy atom. The van der Waals surface area contributed by atoms with E-state index in [-0.39, 0.29) is 6.42 Å². The zero-order chi connectivity index (χ0) is 26.0. The lowest BCUT2D eigenvalue weighted by atomic mass is 9.61. The molecule has 6 nitrogen and oxygen atoms in total. The van der Waals surface area contributed by atoms with Gasteiger partial charge in [-0.1, -0.05) is 66.2 Å². The van der Waals surface area contributed by atoms with Crippen LogP contribution in [0.15, 0.2) is 72.8 Å². The number of nitrogens with one attached hydrogen (secondary N) is 2. The second kappa shape index (κ2) is 10.2. The van der Waals surface area contributed by atoms with E-state index in [4.69, 9.17) is 11.6 Å². The molecule has 4 unspecified atom stereocenters. The summed E-state index contributed by atoms with van der Waals surface area (Å²) in [4.78, 5) is 40.8. The summed E-state index contributed by atoms with van der Waals surface area (Å²) in [7, 11) is 0. The van der Waals surface area contributed by atoms with Crippen LogP contribution in [0, 0.1) is 25.7 Å². The van der Waals surface area contributed by atoms with Gasteiger partial charge in [-0.25, -0.2) is 0 Å². The van der Waals surface area contributed by atoms with Crippen molar-refractivity contribution in [2.24, 2.45) is 11.8 Å². The van der Waals surface area contributed by atoms with Gasteiger partial charge in [0.2, 0.25) is 11.8 Å². The maximum absolute atomic E-state index is 13.8. The molecular formula is C29H29ClN2O4. The summed E-state index contributed by atoms with van der Waals surface area (Å²) in [6.45, 7) is 5.18. The summed E-state index contributed by atoms with van der Waals surface area (Å²) in [5, 5.41) is 17.5. The molecule has 0 saturated heterocycles. The number of carbonyl (C=O) groups excluding carboxylic acids is 3. The van der Waals surface area contributed by atoms with E-state index in [0.717, 1.165) is 11.1 Å². The van der Waals surface area contributed by atoms with E-state index in [1.54, 1.807) is 48.5 Å².